The van der Waals surface area contributed by atoms with E-state index in [1.807, 2.05) is 29.2 Å². The Kier molecular flexibility index (Phi) is 2.97. The van der Waals surface area contributed by atoms with Crippen molar-refractivity contribution in [2.75, 3.05) is 16.4 Å². The lowest BCUT2D eigenvalue weighted by Gasteiger charge is -2.22. The highest BCUT2D eigenvalue weighted by Gasteiger charge is 2.54. The molecule has 1 aromatic rings. The van der Waals surface area contributed by atoms with Crippen molar-refractivity contribution < 1.29 is 8.76 Å². The van der Waals surface area contributed by atoms with E-state index in [1.165, 1.54) is 0 Å². The fraction of sp³-hybridized carbons (Fsp3) is 0.364. The summed E-state index contributed by atoms with van der Waals surface area (Å²) in [5, 5.41) is 3.78. The van der Waals surface area contributed by atoms with Gasteiger partial charge in [0.15, 0.2) is 16.6 Å². The average molecular weight is 348 g/mol. The minimum atomic E-state index is -2.71. The van der Waals surface area contributed by atoms with Crippen LogP contribution in [0.4, 0.5) is 5.69 Å². The molecule has 2 aliphatic rings. The second kappa shape index (κ2) is 4.26. The van der Waals surface area contributed by atoms with Crippen molar-refractivity contribution in [3.63, 3.8) is 0 Å². The third-order valence-electron chi connectivity index (χ3n) is 3.28. The number of benzene rings is 1. The van der Waals surface area contributed by atoms with Gasteiger partial charge in [-0.15, -0.1) is 0 Å². The predicted molar refractivity (Wildman–Crippen MR) is 80.3 cm³/mol. The third kappa shape index (κ3) is 2.09. The number of hydrogen-bond acceptors (Lipinski definition) is 2. The number of anilines is 1. The molecule has 0 amide bonds. The minimum absolute atomic E-state index is 0.0195. The summed E-state index contributed by atoms with van der Waals surface area (Å²) >= 11 is 8.75. The molecule has 2 N–H and O–H groups in total. The van der Waals surface area contributed by atoms with Gasteiger partial charge in [0, 0.05) is 10.2 Å². The van der Waals surface area contributed by atoms with E-state index in [2.05, 4.69) is 21.2 Å². The molecule has 0 aromatic heterocycles. The fourth-order valence-electron chi connectivity index (χ4n) is 2.55. The van der Waals surface area contributed by atoms with Crippen LogP contribution < -0.4 is 10.2 Å². The maximum atomic E-state index is 11.8. The highest BCUT2D eigenvalue weighted by Crippen LogP contribution is 2.32. The Labute approximate surface area is 120 Å². The smallest absolute Gasteiger partial charge is 0.218 e. The first-order valence-electron chi connectivity index (χ1n) is 5.53. The van der Waals surface area contributed by atoms with Crippen LogP contribution in [-0.4, -0.2) is 33.3 Å². The van der Waals surface area contributed by atoms with Crippen LogP contribution >= 0.6 is 28.1 Å². The lowest BCUT2D eigenvalue weighted by atomic mass is 10.1. The monoisotopic (exact) mass is 347 g/mol. The quantitative estimate of drug-likeness (QED) is 0.600. The minimum Gasteiger partial charge on any atom is -0.352 e. The fourth-order valence-corrected chi connectivity index (χ4v) is 5.25. The van der Waals surface area contributed by atoms with Crippen LogP contribution in [0.1, 0.15) is 0 Å². The molecule has 18 heavy (non-hydrogen) atoms. The van der Waals surface area contributed by atoms with Crippen LogP contribution in [0, 0.1) is 0 Å². The average Bonchev–Trinajstić information content (AvgIpc) is 2.68. The molecule has 1 unspecified atom stereocenters. The molecule has 7 heteroatoms. The Bertz CT molecular complexity index is 566. The summed E-state index contributed by atoms with van der Waals surface area (Å²) in [6, 6.07) is 7.75. The van der Waals surface area contributed by atoms with E-state index in [1.54, 1.807) is 0 Å². The Morgan fingerprint density at radius 2 is 2.28 bits per heavy atom. The predicted octanol–water partition coefficient (Wildman–Crippen LogP) is 1.87. The van der Waals surface area contributed by atoms with Crippen LogP contribution in [0.3, 0.4) is 0 Å². The summed E-state index contributed by atoms with van der Waals surface area (Å²) in [5.74, 6) is 0.555. The standard InChI is InChI=1S/C11H11BrN2O2S2/c12-7-2-1-3-8(4-7)14-10-6-18(15,16)5-9(10)13-11(14)17/h1-4,9-10H,5-6H2,(H-,13,15,16,17)/p+1/t9-,10-/m1/s1. The van der Waals surface area contributed by atoms with E-state index in [9.17, 15) is 8.76 Å². The van der Waals surface area contributed by atoms with E-state index in [0.29, 0.717) is 5.11 Å². The molecule has 96 valence electrons. The maximum Gasteiger partial charge on any atom is 0.218 e. The van der Waals surface area contributed by atoms with Crippen molar-refractivity contribution in [1.82, 2.24) is 5.32 Å². The van der Waals surface area contributed by atoms with Gasteiger partial charge in [-0.25, -0.2) is 0 Å². The van der Waals surface area contributed by atoms with Crippen molar-refractivity contribution in [1.29, 1.82) is 0 Å². The van der Waals surface area contributed by atoms with E-state index < -0.39 is 10.2 Å². The molecule has 0 aliphatic carbocycles. The van der Waals surface area contributed by atoms with Gasteiger partial charge in [0.1, 0.15) is 12.1 Å². The number of nitrogens with zero attached hydrogens (tertiary/aromatic N) is 1. The number of thiocarbonyl (C=S) groups is 1. The highest BCUT2D eigenvalue weighted by molar-refractivity contribution is 9.10. The summed E-state index contributed by atoms with van der Waals surface area (Å²) in [7, 11) is -2.71. The molecule has 0 radical (unpaired) electrons. The normalized spacial score (nSPS) is 34.6. The molecule has 4 nitrogen and oxygen atoms in total. The van der Waals surface area contributed by atoms with Crippen molar-refractivity contribution in [2.45, 2.75) is 12.1 Å². The number of hydrogen-bond donors (Lipinski definition) is 2. The zero-order valence-electron chi connectivity index (χ0n) is 9.38. The van der Waals surface area contributed by atoms with Crippen molar-refractivity contribution >= 4 is 49.2 Å². The molecule has 1 aromatic carbocycles. The summed E-state index contributed by atoms with van der Waals surface area (Å²) in [4.78, 5) is 1.95. The Balaban J connectivity index is 1.97. The van der Waals surface area contributed by atoms with Gasteiger partial charge in [-0.05, 0) is 30.4 Å². The van der Waals surface area contributed by atoms with Gasteiger partial charge in [-0.3, -0.25) is 0 Å². The maximum absolute atomic E-state index is 11.8. The second-order valence-corrected chi connectivity index (χ2v) is 8.09. The molecular formula is C11H12BrN2O2S2+. The summed E-state index contributed by atoms with van der Waals surface area (Å²) in [6.07, 6.45) is 0. The first-order chi connectivity index (χ1) is 8.46. The molecule has 2 heterocycles. The number of nitrogens with one attached hydrogen (secondary N) is 1. The number of halogens is 1. The molecule has 0 saturated carbocycles. The van der Waals surface area contributed by atoms with E-state index in [-0.39, 0.29) is 23.6 Å². The van der Waals surface area contributed by atoms with Crippen LogP contribution in [-0.2, 0) is 14.4 Å². The molecule has 0 spiro atoms. The molecule has 3 atom stereocenters. The molecule has 3 rings (SSSR count). The van der Waals surface area contributed by atoms with Gasteiger partial charge in [-0.2, -0.15) is 4.55 Å². The lowest BCUT2D eigenvalue weighted by Crippen LogP contribution is -2.37. The van der Waals surface area contributed by atoms with Gasteiger partial charge >= 0.3 is 0 Å². The van der Waals surface area contributed by atoms with E-state index in [0.717, 1.165) is 10.2 Å². The van der Waals surface area contributed by atoms with Crippen LogP contribution in [0.25, 0.3) is 0 Å². The largest absolute Gasteiger partial charge is 0.352 e. The van der Waals surface area contributed by atoms with Crippen LogP contribution in [0.5, 0.6) is 0 Å². The topological polar surface area (TPSA) is 52.6 Å². The molecule has 0 bridgehead atoms. The molecule has 2 fully saturated rings. The van der Waals surface area contributed by atoms with Gasteiger partial charge in [0.25, 0.3) is 0 Å². The van der Waals surface area contributed by atoms with E-state index >= 15 is 0 Å². The number of fused-ring (bicyclic) bond motifs is 1. The lowest BCUT2D eigenvalue weighted by molar-refractivity contribution is 0.502. The third-order valence-corrected chi connectivity index (χ3v) is 5.83. The van der Waals surface area contributed by atoms with Gasteiger partial charge in [-0.1, -0.05) is 26.2 Å². The summed E-state index contributed by atoms with van der Waals surface area (Å²) in [5.41, 5.74) is 0.950. The number of rotatable bonds is 1. The van der Waals surface area contributed by atoms with Crippen LogP contribution in [0.15, 0.2) is 28.7 Å². The Morgan fingerprint density at radius 1 is 1.50 bits per heavy atom. The van der Waals surface area contributed by atoms with Gasteiger partial charge in [0.2, 0.25) is 10.2 Å². The first-order valence-corrected chi connectivity index (χ1v) is 8.59. The summed E-state index contributed by atoms with van der Waals surface area (Å²) < 4.78 is 22.5. The summed E-state index contributed by atoms with van der Waals surface area (Å²) in [6.45, 7) is 0. The van der Waals surface area contributed by atoms with Crippen molar-refractivity contribution in [2.24, 2.45) is 0 Å². The van der Waals surface area contributed by atoms with Gasteiger partial charge in [0.05, 0.1) is 0 Å². The van der Waals surface area contributed by atoms with E-state index in [4.69, 9.17) is 12.2 Å². The molecular weight excluding hydrogens is 336 g/mol. The SMILES string of the molecule is O=[S+]1(O)C[C@@H]2[C@@H](C1)NC(=S)N2c1cccc(Br)c1. The first kappa shape index (κ1) is 12.5. The van der Waals surface area contributed by atoms with Gasteiger partial charge < -0.3 is 10.2 Å². The molecule has 2 saturated heterocycles. The zero-order valence-corrected chi connectivity index (χ0v) is 12.6. The van der Waals surface area contributed by atoms with Crippen LogP contribution in [0.2, 0.25) is 0 Å². The molecule has 2 aliphatic heterocycles. The Morgan fingerprint density at radius 3 is 3.00 bits per heavy atom. The Hall–Kier alpha value is -0.500. The highest BCUT2D eigenvalue weighted by atomic mass is 79.9. The van der Waals surface area contributed by atoms with Crippen molar-refractivity contribution in [3.8, 4) is 0 Å². The van der Waals surface area contributed by atoms with Crippen molar-refractivity contribution in [3.05, 3.63) is 28.7 Å². The zero-order chi connectivity index (χ0) is 12.9. The second-order valence-electron chi connectivity index (χ2n) is 4.58.